The molecule has 1 heteroatoms. The van der Waals surface area contributed by atoms with Crippen LogP contribution in [-0.4, -0.2) is 5.78 Å². The molecule has 1 aromatic rings. The Morgan fingerprint density at radius 2 is 1.69 bits per heavy atom. The van der Waals surface area contributed by atoms with Gasteiger partial charge in [-0.1, -0.05) is 12.1 Å². The Hall–Kier alpha value is -1.37. The highest BCUT2D eigenvalue weighted by Gasteiger charge is 2.18. The molecule has 0 heterocycles. The van der Waals surface area contributed by atoms with E-state index in [9.17, 15) is 4.79 Å². The Kier molecular flexibility index (Phi) is 1.62. The van der Waals surface area contributed by atoms with Gasteiger partial charge in [0.25, 0.3) is 0 Å². The van der Waals surface area contributed by atoms with Crippen molar-refractivity contribution >= 4 is 11.9 Å². The van der Waals surface area contributed by atoms with Crippen LogP contribution in [0.4, 0.5) is 0 Å². The molecule has 0 saturated heterocycles. The number of hydrogen-bond acceptors (Lipinski definition) is 1. The SMILES string of the molecule is Cc1cc(C)c2c(c1C)C=CC2=O. The van der Waals surface area contributed by atoms with Crippen LogP contribution in [0.1, 0.15) is 32.6 Å². The summed E-state index contributed by atoms with van der Waals surface area (Å²) in [5.74, 6) is 0.149. The van der Waals surface area contributed by atoms with Crippen LogP contribution in [0.3, 0.4) is 0 Å². The smallest absolute Gasteiger partial charge is 0.186 e. The Bertz CT molecular complexity index is 425. The number of rotatable bonds is 0. The van der Waals surface area contributed by atoms with Gasteiger partial charge in [0.1, 0.15) is 0 Å². The molecule has 0 N–H and O–H groups in total. The summed E-state index contributed by atoms with van der Waals surface area (Å²) in [7, 11) is 0. The van der Waals surface area contributed by atoms with Crippen molar-refractivity contribution in [2.45, 2.75) is 20.8 Å². The highest BCUT2D eigenvalue weighted by atomic mass is 16.1. The maximum atomic E-state index is 11.5. The number of ketones is 1. The van der Waals surface area contributed by atoms with Crippen LogP contribution in [-0.2, 0) is 0 Å². The predicted molar refractivity (Wildman–Crippen MR) is 54.0 cm³/mol. The molecular weight excluding hydrogens is 160 g/mol. The standard InChI is InChI=1S/C12H12O/c1-7-6-8(2)12-10(9(7)3)4-5-11(12)13/h4-6H,1-3H3. The molecule has 0 atom stereocenters. The molecule has 2 rings (SSSR count). The molecule has 0 fully saturated rings. The topological polar surface area (TPSA) is 17.1 Å². The lowest BCUT2D eigenvalue weighted by Gasteiger charge is -2.09. The normalized spacial score (nSPS) is 13.6. The number of hydrogen-bond donors (Lipinski definition) is 0. The highest BCUT2D eigenvalue weighted by molar-refractivity contribution is 6.15. The van der Waals surface area contributed by atoms with Gasteiger partial charge in [-0.3, -0.25) is 4.79 Å². The van der Waals surface area contributed by atoms with Crippen LogP contribution >= 0.6 is 0 Å². The molecule has 0 bridgehead atoms. The average molecular weight is 172 g/mol. The van der Waals surface area contributed by atoms with Crippen molar-refractivity contribution < 1.29 is 4.79 Å². The first-order valence-corrected chi connectivity index (χ1v) is 4.44. The summed E-state index contributed by atoms with van der Waals surface area (Å²) in [4.78, 5) is 11.5. The highest BCUT2D eigenvalue weighted by Crippen LogP contribution is 2.28. The minimum absolute atomic E-state index is 0.149. The van der Waals surface area contributed by atoms with E-state index >= 15 is 0 Å². The predicted octanol–water partition coefficient (Wildman–Crippen LogP) is 2.82. The molecule has 0 radical (unpaired) electrons. The molecule has 66 valence electrons. The Labute approximate surface area is 78.1 Å². The zero-order valence-electron chi connectivity index (χ0n) is 8.14. The second-order valence-corrected chi connectivity index (χ2v) is 3.62. The lowest BCUT2D eigenvalue weighted by atomic mass is 9.95. The second-order valence-electron chi connectivity index (χ2n) is 3.62. The third kappa shape index (κ3) is 1.04. The summed E-state index contributed by atoms with van der Waals surface area (Å²) < 4.78 is 0. The van der Waals surface area contributed by atoms with Gasteiger partial charge in [-0.05, 0) is 49.1 Å². The Morgan fingerprint density at radius 1 is 1.00 bits per heavy atom. The van der Waals surface area contributed by atoms with Crippen molar-refractivity contribution in [3.8, 4) is 0 Å². The monoisotopic (exact) mass is 172 g/mol. The van der Waals surface area contributed by atoms with Crippen LogP contribution in [0.15, 0.2) is 12.1 Å². The van der Waals surface area contributed by atoms with Gasteiger partial charge >= 0.3 is 0 Å². The number of aryl methyl sites for hydroxylation is 2. The molecule has 1 aliphatic rings. The van der Waals surface area contributed by atoms with Gasteiger partial charge in [-0.2, -0.15) is 0 Å². The van der Waals surface area contributed by atoms with Crippen molar-refractivity contribution in [1.29, 1.82) is 0 Å². The van der Waals surface area contributed by atoms with Crippen molar-refractivity contribution in [2.75, 3.05) is 0 Å². The van der Waals surface area contributed by atoms with E-state index in [1.54, 1.807) is 6.08 Å². The molecule has 0 saturated carbocycles. The second kappa shape index (κ2) is 2.56. The van der Waals surface area contributed by atoms with Gasteiger partial charge in [-0.15, -0.1) is 0 Å². The van der Waals surface area contributed by atoms with Crippen LogP contribution in [0.2, 0.25) is 0 Å². The summed E-state index contributed by atoms with van der Waals surface area (Å²) in [6, 6.07) is 2.08. The first kappa shape index (κ1) is 8.24. The number of benzene rings is 1. The fourth-order valence-electron chi connectivity index (χ4n) is 1.90. The molecular formula is C12H12O. The van der Waals surface area contributed by atoms with E-state index in [4.69, 9.17) is 0 Å². The summed E-state index contributed by atoms with van der Waals surface area (Å²) in [5.41, 5.74) is 5.58. The summed E-state index contributed by atoms with van der Waals surface area (Å²) in [6.07, 6.45) is 3.58. The average Bonchev–Trinajstić information content (AvgIpc) is 2.44. The quantitative estimate of drug-likeness (QED) is 0.588. The molecule has 1 aromatic carbocycles. The van der Waals surface area contributed by atoms with E-state index in [2.05, 4.69) is 19.9 Å². The summed E-state index contributed by atoms with van der Waals surface area (Å²) in [6.45, 7) is 6.14. The lowest BCUT2D eigenvalue weighted by Crippen LogP contribution is -1.99. The van der Waals surface area contributed by atoms with Crippen LogP contribution in [0.5, 0.6) is 0 Å². The van der Waals surface area contributed by atoms with E-state index in [0.29, 0.717) is 0 Å². The lowest BCUT2D eigenvalue weighted by molar-refractivity contribution is 0.104. The summed E-state index contributed by atoms with van der Waals surface area (Å²) in [5, 5.41) is 0. The maximum absolute atomic E-state index is 11.5. The van der Waals surface area contributed by atoms with Crippen LogP contribution in [0.25, 0.3) is 6.08 Å². The molecule has 0 spiro atoms. The van der Waals surface area contributed by atoms with E-state index in [1.165, 1.54) is 11.1 Å². The molecule has 0 aromatic heterocycles. The maximum Gasteiger partial charge on any atom is 0.186 e. The molecule has 1 nitrogen and oxygen atoms in total. The van der Waals surface area contributed by atoms with Crippen molar-refractivity contribution in [1.82, 2.24) is 0 Å². The molecule has 0 amide bonds. The van der Waals surface area contributed by atoms with Gasteiger partial charge in [0.15, 0.2) is 5.78 Å². The zero-order chi connectivity index (χ0) is 9.59. The molecule has 0 unspecified atom stereocenters. The van der Waals surface area contributed by atoms with E-state index < -0.39 is 0 Å². The van der Waals surface area contributed by atoms with Crippen molar-refractivity contribution in [2.24, 2.45) is 0 Å². The number of carbonyl (C=O) groups excluding carboxylic acids is 1. The van der Waals surface area contributed by atoms with Crippen molar-refractivity contribution in [3.63, 3.8) is 0 Å². The largest absolute Gasteiger partial charge is 0.289 e. The molecule has 0 aliphatic heterocycles. The van der Waals surface area contributed by atoms with E-state index in [0.717, 1.165) is 16.7 Å². The van der Waals surface area contributed by atoms with Gasteiger partial charge in [-0.25, -0.2) is 0 Å². The number of carbonyl (C=O) groups is 1. The fraction of sp³-hybridized carbons (Fsp3) is 0.250. The van der Waals surface area contributed by atoms with Crippen LogP contribution < -0.4 is 0 Å². The van der Waals surface area contributed by atoms with Gasteiger partial charge in [0.05, 0.1) is 0 Å². The number of fused-ring (bicyclic) bond motifs is 1. The minimum atomic E-state index is 0.149. The van der Waals surface area contributed by atoms with Gasteiger partial charge in [0, 0.05) is 5.56 Å². The first-order chi connectivity index (χ1) is 6.11. The summed E-state index contributed by atoms with van der Waals surface area (Å²) >= 11 is 0. The Balaban J connectivity index is 2.82. The van der Waals surface area contributed by atoms with E-state index in [-0.39, 0.29) is 5.78 Å². The Morgan fingerprint density at radius 3 is 2.38 bits per heavy atom. The number of allylic oxidation sites excluding steroid dienone is 1. The van der Waals surface area contributed by atoms with Gasteiger partial charge < -0.3 is 0 Å². The molecule has 13 heavy (non-hydrogen) atoms. The van der Waals surface area contributed by atoms with Gasteiger partial charge in [0.2, 0.25) is 0 Å². The van der Waals surface area contributed by atoms with Crippen LogP contribution in [0, 0.1) is 20.8 Å². The minimum Gasteiger partial charge on any atom is -0.289 e. The van der Waals surface area contributed by atoms with Crippen molar-refractivity contribution in [3.05, 3.63) is 40.0 Å². The third-order valence-electron chi connectivity index (χ3n) is 2.74. The van der Waals surface area contributed by atoms with E-state index in [1.807, 2.05) is 13.0 Å². The third-order valence-corrected chi connectivity index (χ3v) is 2.74. The fourth-order valence-corrected chi connectivity index (χ4v) is 1.90. The molecule has 1 aliphatic carbocycles. The first-order valence-electron chi connectivity index (χ1n) is 4.44. The zero-order valence-corrected chi connectivity index (χ0v) is 8.14.